The molecule has 1 saturated heterocycles. The van der Waals surface area contributed by atoms with Crippen LogP contribution in [0.4, 0.5) is 0 Å². The van der Waals surface area contributed by atoms with Crippen molar-refractivity contribution < 1.29 is 9.59 Å². The molecule has 0 aliphatic carbocycles. The Balaban J connectivity index is 2.17. The lowest BCUT2D eigenvalue weighted by molar-refractivity contribution is -0.126. The van der Waals surface area contributed by atoms with E-state index in [4.69, 9.17) is 5.73 Å². The second kappa shape index (κ2) is 8.64. The van der Waals surface area contributed by atoms with Gasteiger partial charge in [-0.25, -0.2) is 0 Å². The zero-order valence-electron chi connectivity index (χ0n) is 18.4. The number of hydrogen-bond acceptors (Lipinski definition) is 3. The van der Waals surface area contributed by atoms with Gasteiger partial charge in [0.2, 0.25) is 5.91 Å². The van der Waals surface area contributed by atoms with E-state index in [1.807, 2.05) is 17.0 Å². The van der Waals surface area contributed by atoms with Gasteiger partial charge in [0, 0.05) is 37.7 Å². The average molecular weight is 388 g/mol. The minimum absolute atomic E-state index is 0.0234. The fourth-order valence-corrected chi connectivity index (χ4v) is 3.48. The van der Waals surface area contributed by atoms with Crippen LogP contribution in [0, 0.1) is 5.92 Å². The Hall–Kier alpha value is -1.88. The molecule has 156 valence electrons. The maximum Gasteiger partial charge on any atom is 0.253 e. The van der Waals surface area contributed by atoms with Crippen molar-refractivity contribution in [2.45, 2.75) is 65.2 Å². The van der Waals surface area contributed by atoms with E-state index in [-0.39, 0.29) is 28.6 Å². The van der Waals surface area contributed by atoms with Crippen LogP contribution in [0.25, 0.3) is 0 Å². The van der Waals surface area contributed by atoms with Gasteiger partial charge in [0.1, 0.15) is 0 Å². The summed E-state index contributed by atoms with van der Waals surface area (Å²) in [4.78, 5) is 27.2. The topological polar surface area (TPSA) is 75.4 Å². The van der Waals surface area contributed by atoms with Gasteiger partial charge in [0.15, 0.2) is 0 Å². The van der Waals surface area contributed by atoms with E-state index in [2.05, 4.69) is 52.9 Å². The number of carbonyl (C=O) groups excluding carboxylic acids is 2. The van der Waals surface area contributed by atoms with E-state index in [1.165, 1.54) is 11.1 Å². The molecule has 5 heteroatoms. The van der Waals surface area contributed by atoms with Gasteiger partial charge in [-0.05, 0) is 46.9 Å². The molecule has 0 atom stereocenters. The molecule has 1 aromatic rings. The number of nitrogens with one attached hydrogen (secondary N) is 1. The Morgan fingerprint density at radius 1 is 1.00 bits per heavy atom. The molecule has 1 aliphatic heterocycles. The first kappa shape index (κ1) is 22.4. The summed E-state index contributed by atoms with van der Waals surface area (Å²) < 4.78 is 0. The summed E-state index contributed by atoms with van der Waals surface area (Å²) in [5, 5.41) is 2.86. The second-order valence-corrected chi connectivity index (χ2v) is 9.95. The minimum Gasteiger partial charge on any atom is -0.355 e. The third-order valence-corrected chi connectivity index (χ3v) is 5.51. The molecular weight excluding hydrogens is 350 g/mol. The normalized spacial score (nSPS) is 16.2. The monoisotopic (exact) mass is 387 g/mol. The SMILES string of the molecule is CC(C)(C)c1cc(C(=O)N2CCC(C(=O)NCCN)CC2)cc(C(C)(C)C)c1. The smallest absolute Gasteiger partial charge is 0.253 e. The molecule has 28 heavy (non-hydrogen) atoms. The first-order valence-electron chi connectivity index (χ1n) is 10.4. The third-order valence-electron chi connectivity index (χ3n) is 5.51. The summed E-state index contributed by atoms with van der Waals surface area (Å²) in [5.74, 6) is 0.0985. The van der Waals surface area contributed by atoms with Gasteiger partial charge in [-0.15, -0.1) is 0 Å². The molecule has 0 saturated carbocycles. The zero-order chi connectivity index (χ0) is 21.1. The van der Waals surface area contributed by atoms with Crippen LogP contribution in [-0.4, -0.2) is 42.9 Å². The number of carbonyl (C=O) groups is 2. The molecule has 5 nitrogen and oxygen atoms in total. The van der Waals surface area contributed by atoms with Crippen molar-refractivity contribution in [2.24, 2.45) is 11.7 Å². The Kier molecular flexibility index (Phi) is 6.92. The molecule has 0 aromatic heterocycles. The van der Waals surface area contributed by atoms with Crippen molar-refractivity contribution in [3.8, 4) is 0 Å². The number of piperidine rings is 1. The van der Waals surface area contributed by atoms with Crippen LogP contribution in [0.5, 0.6) is 0 Å². The number of hydrogen-bond donors (Lipinski definition) is 2. The maximum atomic E-state index is 13.2. The largest absolute Gasteiger partial charge is 0.355 e. The van der Waals surface area contributed by atoms with E-state index >= 15 is 0 Å². The Morgan fingerprint density at radius 2 is 1.50 bits per heavy atom. The molecule has 1 aromatic carbocycles. The van der Waals surface area contributed by atoms with Crippen molar-refractivity contribution >= 4 is 11.8 Å². The fraction of sp³-hybridized carbons (Fsp3) is 0.652. The van der Waals surface area contributed by atoms with Gasteiger partial charge >= 0.3 is 0 Å². The van der Waals surface area contributed by atoms with Crippen molar-refractivity contribution in [3.05, 3.63) is 34.9 Å². The van der Waals surface area contributed by atoms with Crippen molar-refractivity contribution in [3.63, 3.8) is 0 Å². The van der Waals surface area contributed by atoms with Crippen LogP contribution < -0.4 is 11.1 Å². The zero-order valence-corrected chi connectivity index (χ0v) is 18.4. The summed E-state index contributed by atoms with van der Waals surface area (Å²) in [6, 6.07) is 6.31. The van der Waals surface area contributed by atoms with Crippen LogP contribution in [0.2, 0.25) is 0 Å². The number of nitrogens with zero attached hydrogens (tertiary/aromatic N) is 1. The molecule has 2 amide bonds. The van der Waals surface area contributed by atoms with E-state index in [0.717, 1.165) is 5.56 Å². The molecule has 1 aliphatic rings. The first-order valence-corrected chi connectivity index (χ1v) is 10.4. The number of likely N-dealkylation sites (tertiary alicyclic amines) is 1. The molecule has 3 N–H and O–H groups in total. The lowest BCUT2D eigenvalue weighted by atomic mass is 9.79. The molecule has 1 heterocycles. The van der Waals surface area contributed by atoms with E-state index in [9.17, 15) is 9.59 Å². The van der Waals surface area contributed by atoms with Gasteiger partial charge in [-0.2, -0.15) is 0 Å². The predicted molar refractivity (Wildman–Crippen MR) is 115 cm³/mol. The highest BCUT2D eigenvalue weighted by Crippen LogP contribution is 2.31. The predicted octanol–water partition coefficient (Wildman–Crippen LogP) is 3.21. The van der Waals surface area contributed by atoms with Gasteiger partial charge in [-0.3, -0.25) is 9.59 Å². The summed E-state index contributed by atoms with van der Waals surface area (Å²) in [6.07, 6.45) is 1.40. The van der Waals surface area contributed by atoms with Gasteiger partial charge < -0.3 is 16.0 Å². The van der Waals surface area contributed by atoms with Gasteiger partial charge in [0.25, 0.3) is 5.91 Å². The fourth-order valence-electron chi connectivity index (χ4n) is 3.48. The van der Waals surface area contributed by atoms with Crippen LogP contribution in [0.1, 0.15) is 75.9 Å². The number of rotatable bonds is 4. The van der Waals surface area contributed by atoms with Crippen LogP contribution in [0.15, 0.2) is 18.2 Å². The highest BCUT2D eigenvalue weighted by molar-refractivity contribution is 5.95. The molecule has 2 rings (SSSR count). The Bertz CT molecular complexity index is 673. The van der Waals surface area contributed by atoms with E-state index in [1.54, 1.807) is 0 Å². The van der Waals surface area contributed by atoms with Crippen LogP contribution >= 0.6 is 0 Å². The van der Waals surface area contributed by atoms with Crippen molar-refractivity contribution in [2.75, 3.05) is 26.2 Å². The lowest BCUT2D eigenvalue weighted by Gasteiger charge is -2.32. The van der Waals surface area contributed by atoms with Gasteiger partial charge in [0.05, 0.1) is 0 Å². The minimum atomic E-state index is -0.0263. The van der Waals surface area contributed by atoms with E-state index in [0.29, 0.717) is 39.0 Å². The Labute approximate surface area is 170 Å². The lowest BCUT2D eigenvalue weighted by Crippen LogP contribution is -2.43. The molecule has 0 unspecified atom stereocenters. The Morgan fingerprint density at radius 3 is 1.93 bits per heavy atom. The van der Waals surface area contributed by atoms with Crippen LogP contribution in [0.3, 0.4) is 0 Å². The average Bonchev–Trinajstić information content (AvgIpc) is 2.63. The van der Waals surface area contributed by atoms with Crippen molar-refractivity contribution in [1.29, 1.82) is 0 Å². The van der Waals surface area contributed by atoms with Crippen LogP contribution in [-0.2, 0) is 15.6 Å². The number of amides is 2. The van der Waals surface area contributed by atoms with Gasteiger partial charge in [-0.1, -0.05) is 47.6 Å². The highest BCUT2D eigenvalue weighted by Gasteiger charge is 2.29. The molecule has 0 bridgehead atoms. The molecule has 0 radical (unpaired) electrons. The number of benzene rings is 1. The third kappa shape index (κ3) is 5.57. The molecular formula is C23H37N3O2. The molecule has 1 fully saturated rings. The highest BCUT2D eigenvalue weighted by atomic mass is 16.2. The summed E-state index contributed by atoms with van der Waals surface area (Å²) in [5.41, 5.74) is 8.52. The first-order chi connectivity index (χ1) is 12.9. The molecule has 0 spiro atoms. The van der Waals surface area contributed by atoms with E-state index < -0.39 is 0 Å². The summed E-state index contributed by atoms with van der Waals surface area (Å²) in [7, 11) is 0. The summed E-state index contributed by atoms with van der Waals surface area (Å²) >= 11 is 0. The second-order valence-electron chi connectivity index (χ2n) is 9.95. The van der Waals surface area contributed by atoms with Crippen molar-refractivity contribution in [1.82, 2.24) is 10.2 Å². The standard InChI is InChI=1S/C23H37N3O2/c1-22(2,3)18-13-17(14-19(15-18)23(4,5)6)21(28)26-11-7-16(8-12-26)20(27)25-10-9-24/h13-16H,7-12,24H2,1-6H3,(H,25,27). The number of nitrogens with two attached hydrogens (primary N) is 1. The summed E-state index contributed by atoms with van der Waals surface area (Å²) in [6.45, 7) is 15.2. The quantitative estimate of drug-likeness (QED) is 0.833. The maximum absolute atomic E-state index is 13.2.